The molecule has 22 heavy (non-hydrogen) atoms. The average molecular weight is 316 g/mol. The maximum atomic E-state index is 12.8. The van der Waals surface area contributed by atoms with Gasteiger partial charge in [-0.25, -0.2) is 8.42 Å². The van der Waals surface area contributed by atoms with E-state index in [1.165, 1.54) is 0 Å². The van der Waals surface area contributed by atoms with Crippen LogP contribution in [0.3, 0.4) is 0 Å². The van der Waals surface area contributed by atoms with Gasteiger partial charge in [0.25, 0.3) is 0 Å². The first-order chi connectivity index (χ1) is 10.4. The standard InChI is InChI=1S/C17H20N2O2S/c1-13(18(2)3)12-19-14-8-4-6-10-16(14)22(20,21)17-11-7-5-9-15(17)19/h4-11,13H,12H2,1-3H3/t13-/m1/s1. The first kappa shape index (κ1) is 15.1. The van der Waals surface area contributed by atoms with E-state index in [1.807, 2.05) is 38.4 Å². The van der Waals surface area contributed by atoms with Crippen LogP contribution in [0.2, 0.25) is 0 Å². The van der Waals surface area contributed by atoms with E-state index < -0.39 is 9.84 Å². The molecule has 0 radical (unpaired) electrons. The number of fused-ring (bicyclic) bond motifs is 2. The molecule has 1 atom stereocenters. The molecule has 0 spiro atoms. The topological polar surface area (TPSA) is 40.6 Å². The number of sulfone groups is 1. The minimum Gasteiger partial charge on any atom is -0.338 e. The molecule has 0 unspecified atom stereocenters. The van der Waals surface area contributed by atoms with Gasteiger partial charge in [0.2, 0.25) is 9.84 Å². The highest BCUT2D eigenvalue weighted by molar-refractivity contribution is 7.92. The molecule has 0 bridgehead atoms. The van der Waals surface area contributed by atoms with Crippen LogP contribution < -0.4 is 4.90 Å². The lowest BCUT2D eigenvalue weighted by atomic mass is 10.2. The normalized spacial score (nSPS) is 17.0. The molecule has 116 valence electrons. The highest BCUT2D eigenvalue weighted by atomic mass is 32.2. The lowest BCUT2D eigenvalue weighted by Crippen LogP contribution is -2.38. The number of hydrogen-bond acceptors (Lipinski definition) is 4. The third-order valence-electron chi connectivity index (χ3n) is 4.22. The van der Waals surface area contributed by atoms with Gasteiger partial charge in [0.1, 0.15) is 0 Å². The molecule has 4 nitrogen and oxygen atoms in total. The molecule has 2 aromatic rings. The summed E-state index contributed by atoms with van der Waals surface area (Å²) < 4.78 is 25.6. The van der Waals surface area contributed by atoms with E-state index in [9.17, 15) is 8.42 Å². The summed E-state index contributed by atoms with van der Waals surface area (Å²) in [5, 5.41) is 0. The van der Waals surface area contributed by atoms with E-state index in [-0.39, 0.29) is 0 Å². The number of rotatable bonds is 3. The summed E-state index contributed by atoms with van der Waals surface area (Å²) >= 11 is 0. The van der Waals surface area contributed by atoms with Gasteiger partial charge in [-0.1, -0.05) is 24.3 Å². The molecule has 5 heteroatoms. The second-order valence-electron chi connectivity index (χ2n) is 5.86. The first-order valence-corrected chi connectivity index (χ1v) is 8.78. The van der Waals surface area contributed by atoms with E-state index >= 15 is 0 Å². The monoisotopic (exact) mass is 316 g/mol. The molecule has 0 amide bonds. The third-order valence-corrected chi connectivity index (χ3v) is 6.07. The average Bonchev–Trinajstić information content (AvgIpc) is 2.51. The number of benzene rings is 2. The van der Waals surface area contributed by atoms with E-state index in [1.54, 1.807) is 24.3 Å². The van der Waals surface area contributed by atoms with Crippen molar-refractivity contribution in [1.82, 2.24) is 4.90 Å². The van der Waals surface area contributed by atoms with Crippen molar-refractivity contribution in [2.45, 2.75) is 22.8 Å². The second-order valence-corrected chi connectivity index (χ2v) is 7.75. The molecule has 1 heterocycles. The Kier molecular flexibility index (Phi) is 3.70. The predicted octanol–water partition coefficient (Wildman–Crippen LogP) is 2.92. The zero-order valence-electron chi connectivity index (χ0n) is 13.0. The van der Waals surface area contributed by atoms with Gasteiger partial charge in [-0.2, -0.15) is 0 Å². The van der Waals surface area contributed by atoms with Crippen LogP contribution in [-0.2, 0) is 9.84 Å². The van der Waals surface area contributed by atoms with E-state index in [2.05, 4.69) is 16.7 Å². The van der Waals surface area contributed by atoms with Crippen LogP contribution in [0.15, 0.2) is 58.3 Å². The third kappa shape index (κ3) is 2.30. The molecule has 0 N–H and O–H groups in total. The fourth-order valence-electron chi connectivity index (χ4n) is 2.69. The van der Waals surface area contributed by atoms with Crippen molar-refractivity contribution >= 4 is 21.2 Å². The summed E-state index contributed by atoms with van der Waals surface area (Å²) in [7, 11) is 0.616. The summed E-state index contributed by atoms with van der Waals surface area (Å²) in [5.41, 5.74) is 1.52. The maximum absolute atomic E-state index is 12.8. The van der Waals surface area contributed by atoms with Gasteiger partial charge in [0.15, 0.2) is 0 Å². The summed E-state index contributed by atoms with van der Waals surface area (Å²) in [6, 6.07) is 14.8. The Morgan fingerprint density at radius 2 is 1.41 bits per heavy atom. The number of hydrogen-bond donors (Lipinski definition) is 0. The zero-order chi connectivity index (χ0) is 15.9. The summed E-state index contributed by atoms with van der Waals surface area (Å²) in [6.45, 7) is 2.87. The van der Waals surface area contributed by atoms with Crippen molar-refractivity contribution in [3.8, 4) is 0 Å². The lowest BCUT2D eigenvalue weighted by Gasteiger charge is -2.36. The Bertz CT molecular complexity index is 746. The van der Waals surface area contributed by atoms with Crippen LogP contribution in [-0.4, -0.2) is 40.0 Å². The van der Waals surface area contributed by atoms with Crippen molar-refractivity contribution in [2.75, 3.05) is 25.5 Å². The number of nitrogens with zero attached hydrogens (tertiary/aromatic N) is 2. The van der Waals surface area contributed by atoms with Crippen LogP contribution >= 0.6 is 0 Å². The molecule has 0 saturated heterocycles. The molecule has 1 aliphatic heterocycles. The number of anilines is 2. The fraction of sp³-hybridized carbons (Fsp3) is 0.294. The van der Waals surface area contributed by atoms with Crippen LogP contribution in [0.4, 0.5) is 11.4 Å². The fourth-order valence-corrected chi connectivity index (χ4v) is 4.35. The number of likely N-dealkylation sites (N-methyl/N-ethyl adjacent to an activating group) is 1. The van der Waals surface area contributed by atoms with Crippen LogP contribution in [0.25, 0.3) is 0 Å². The molecule has 3 rings (SSSR count). The summed E-state index contributed by atoms with van der Waals surface area (Å²) in [6.07, 6.45) is 0. The SMILES string of the molecule is C[C@H](CN1c2ccccc2S(=O)(=O)c2ccccc21)N(C)C. The highest BCUT2D eigenvalue weighted by Gasteiger charge is 2.34. The van der Waals surface area contributed by atoms with Gasteiger partial charge >= 0.3 is 0 Å². The second kappa shape index (κ2) is 5.41. The maximum Gasteiger partial charge on any atom is 0.210 e. The van der Waals surface area contributed by atoms with Crippen molar-refractivity contribution < 1.29 is 8.42 Å². The molecular formula is C17H20N2O2S. The van der Waals surface area contributed by atoms with Crippen molar-refractivity contribution in [2.24, 2.45) is 0 Å². The largest absolute Gasteiger partial charge is 0.338 e. The first-order valence-electron chi connectivity index (χ1n) is 7.30. The van der Waals surface area contributed by atoms with Crippen molar-refractivity contribution in [3.05, 3.63) is 48.5 Å². The van der Waals surface area contributed by atoms with Gasteiger partial charge < -0.3 is 9.80 Å². The lowest BCUT2D eigenvalue weighted by molar-refractivity contribution is 0.319. The minimum atomic E-state index is -3.45. The molecule has 0 aliphatic carbocycles. The molecule has 0 aromatic heterocycles. The summed E-state index contributed by atoms with van der Waals surface area (Å²) in [4.78, 5) is 5.02. The Labute approximate surface area is 131 Å². The zero-order valence-corrected chi connectivity index (χ0v) is 13.8. The van der Waals surface area contributed by atoms with Crippen molar-refractivity contribution in [3.63, 3.8) is 0 Å². The van der Waals surface area contributed by atoms with Gasteiger partial charge in [-0.3, -0.25) is 0 Å². The Hall–Kier alpha value is -1.85. The number of para-hydroxylation sites is 2. The van der Waals surface area contributed by atoms with Gasteiger partial charge in [0.05, 0.1) is 21.2 Å². The Morgan fingerprint density at radius 1 is 0.955 bits per heavy atom. The Morgan fingerprint density at radius 3 is 1.86 bits per heavy atom. The van der Waals surface area contributed by atoms with Gasteiger partial charge in [-0.15, -0.1) is 0 Å². The molecule has 1 aliphatic rings. The van der Waals surface area contributed by atoms with E-state index in [0.29, 0.717) is 15.8 Å². The van der Waals surface area contributed by atoms with Crippen LogP contribution in [0.1, 0.15) is 6.92 Å². The Balaban J connectivity index is 2.20. The van der Waals surface area contributed by atoms with Crippen LogP contribution in [0, 0.1) is 0 Å². The van der Waals surface area contributed by atoms with Crippen LogP contribution in [0.5, 0.6) is 0 Å². The van der Waals surface area contributed by atoms with E-state index in [4.69, 9.17) is 0 Å². The van der Waals surface area contributed by atoms with E-state index in [0.717, 1.165) is 17.9 Å². The van der Waals surface area contributed by atoms with Gasteiger partial charge in [-0.05, 0) is 45.3 Å². The van der Waals surface area contributed by atoms with Crippen molar-refractivity contribution in [1.29, 1.82) is 0 Å². The molecule has 2 aromatic carbocycles. The summed E-state index contributed by atoms with van der Waals surface area (Å²) in [5.74, 6) is 0. The predicted molar refractivity (Wildman–Crippen MR) is 88.5 cm³/mol. The molecule has 0 fully saturated rings. The smallest absolute Gasteiger partial charge is 0.210 e. The molecular weight excluding hydrogens is 296 g/mol. The quantitative estimate of drug-likeness (QED) is 0.873. The van der Waals surface area contributed by atoms with Gasteiger partial charge in [0, 0.05) is 12.6 Å². The highest BCUT2D eigenvalue weighted by Crippen LogP contribution is 2.43. The molecule has 0 saturated carbocycles. The minimum absolute atomic E-state index is 0.293.